The van der Waals surface area contributed by atoms with Crippen molar-refractivity contribution in [3.05, 3.63) is 24.2 Å². The van der Waals surface area contributed by atoms with E-state index in [-0.39, 0.29) is 0 Å². The first-order valence-corrected chi connectivity index (χ1v) is 11.8. The molecule has 0 bridgehead atoms. The minimum atomic E-state index is 0.574. The molecule has 1 aromatic rings. The highest BCUT2D eigenvalue weighted by Crippen LogP contribution is 2.18. The first-order chi connectivity index (χ1) is 14.7. The van der Waals surface area contributed by atoms with Crippen molar-refractivity contribution < 1.29 is 9.15 Å². The van der Waals surface area contributed by atoms with Gasteiger partial charge in [-0.3, -0.25) is 14.8 Å². The molecule has 7 heteroatoms. The van der Waals surface area contributed by atoms with Crippen LogP contribution in [0.5, 0.6) is 0 Å². The summed E-state index contributed by atoms with van der Waals surface area (Å²) >= 11 is 0. The van der Waals surface area contributed by atoms with E-state index in [1.807, 2.05) is 12.1 Å². The van der Waals surface area contributed by atoms with Gasteiger partial charge in [-0.05, 0) is 50.4 Å². The summed E-state index contributed by atoms with van der Waals surface area (Å²) in [6.45, 7) is 14.6. The normalized spacial score (nSPS) is 21.4. The van der Waals surface area contributed by atoms with Crippen molar-refractivity contribution >= 4 is 5.96 Å². The summed E-state index contributed by atoms with van der Waals surface area (Å²) in [6, 6.07) is 4.54. The molecule has 0 saturated carbocycles. The lowest BCUT2D eigenvalue weighted by Gasteiger charge is -2.26. The van der Waals surface area contributed by atoms with Gasteiger partial charge in [-0.25, -0.2) is 0 Å². The summed E-state index contributed by atoms with van der Waals surface area (Å²) in [5.41, 5.74) is 0. The average Bonchev–Trinajstić information content (AvgIpc) is 3.41. The summed E-state index contributed by atoms with van der Waals surface area (Å²) in [7, 11) is 0. The molecule has 0 aromatic carbocycles. The third kappa shape index (κ3) is 8.28. The molecule has 30 heavy (non-hydrogen) atoms. The maximum absolute atomic E-state index is 5.45. The number of aliphatic imine (C=N–C) groups is 1. The number of likely N-dealkylation sites (tertiary alicyclic amines) is 1. The zero-order valence-electron chi connectivity index (χ0n) is 18.9. The molecule has 3 rings (SSSR count). The van der Waals surface area contributed by atoms with E-state index in [1.165, 1.54) is 25.9 Å². The molecule has 0 unspecified atom stereocenters. The Kier molecular flexibility index (Phi) is 9.99. The summed E-state index contributed by atoms with van der Waals surface area (Å²) in [4.78, 5) is 10.1. The second kappa shape index (κ2) is 13.0. The molecule has 0 spiro atoms. The first-order valence-electron chi connectivity index (χ1n) is 11.8. The van der Waals surface area contributed by atoms with Gasteiger partial charge in [-0.1, -0.05) is 13.8 Å². The highest BCUT2D eigenvalue weighted by Gasteiger charge is 2.24. The summed E-state index contributed by atoms with van der Waals surface area (Å²) in [5.74, 6) is 2.65. The second-order valence-corrected chi connectivity index (χ2v) is 8.86. The SMILES string of the molecule is CC(C)CN1CCC[C@@H]1CN=C(NCCCN1CCOCC1)NCCc1ccco1. The van der Waals surface area contributed by atoms with Crippen LogP contribution >= 0.6 is 0 Å². The number of nitrogens with one attached hydrogen (secondary N) is 2. The average molecular weight is 420 g/mol. The molecule has 1 aromatic heterocycles. The van der Waals surface area contributed by atoms with E-state index in [4.69, 9.17) is 14.1 Å². The Morgan fingerprint density at radius 1 is 1.20 bits per heavy atom. The van der Waals surface area contributed by atoms with Crippen molar-refractivity contribution in [1.82, 2.24) is 20.4 Å². The number of nitrogens with zero attached hydrogens (tertiary/aromatic N) is 3. The van der Waals surface area contributed by atoms with Crippen LogP contribution in [0.1, 0.15) is 38.9 Å². The lowest BCUT2D eigenvalue weighted by atomic mass is 10.2. The summed E-state index contributed by atoms with van der Waals surface area (Å²) in [5, 5.41) is 7.05. The smallest absolute Gasteiger partial charge is 0.191 e. The quantitative estimate of drug-likeness (QED) is 0.326. The molecular formula is C23H41N5O2. The molecule has 0 radical (unpaired) electrons. The Labute approximate surface area is 182 Å². The van der Waals surface area contributed by atoms with Crippen LogP contribution in [0.25, 0.3) is 0 Å². The number of furan rings is 1. The van der Waals surface area contributed by atoms with E-state index in [0.717, 1.165) is 77.0 Å². The number of morpholine rings is 1. The highest BCUT2D eigenvalue weighted by atomic mass is 16.5. The van der Waals surface area contributed by atoms with Gasteiger partial charge in [0.15, 0.2) is 5.96 Å². The maximum atomic E-state index is 5.45. The fourth-order valence-corrected chi connectivity index (χ4v) is 4.28. The monoisotopic (exact) mass is 419 g/mol. The van der Waals surface area contributed by atoms with Gasteiger partial charge in [-0.15, -0.1) is 0 Å². The molecule has 0 aliphatic carbocycles. The molecule has 2 aliphatic heterocycles. The molecule has 2 aliphatic rings. The predicted molar refractivity (Wildman–Crippen MR) is 122 cm³/mol. The highest BCUT2D eigenvalue weighted by molar-refractivity contribution is 5.79. The van der Waals surface area contributed by atoms with Gasteiger partial charge < -0.3 is 19.8 Å². The molecule has 3 heterocycles. The van der Waals surface area contributed by atoms with Crippen LogP contribution in [0.3, 0.4) is 0 Å². The van der Waals surface area contributed by atoms with Gasteiger partial charge in [0.25, 0.3) is 0 Å². The molecule has 2 saturated heterocycles. The minimum absolute atomic E-state index is 0.574. The van der Waals surface area contributed by atoms with Crippen molar-refractivity contribution in [2.45, 2.75) is 45.6 Å². The Bertz CT molecular complexity index is 599. The van der Waals surface area contributed by atoms with Crippen LogP contribution in [-0.4, -0.2) is 87.4 Å². The van der Waals surface area contributed by atoms with E-state index in [0.29, 0.717) is 12.0 Å². The van der Waals surface area contributed by atoms with Gasteiger partial charge in [0.05, 0.1) is 26.0 Å². The maximum Gasteiger partial charge on any atom is 0.191 e. The molecule has 2 N–H and O–H groups in total. The third-order valence-electron chi connectivity index (χ3n) is 5.85. The third-order valence-corrected chi connectivity index (χ3v) is 5.85. The predicted octanol–water partition coefficient (Wildman–Crippen LogP) is 2.20. The lowest BCUT2D eigenvalue weighted by molar-refractivity contribution is 0.0376. The molecular weight excluding hydrogens is 378 g/mol. The standard InChI is InChI=1S/C23H41N5O2/c1-20(2)19-28-12-3-6-21(28)18-26-23(25-10-8-22-7-4-15-30-22)24-9-5-11-27-13-16-29-17-14-27/h4,7,15,20-21H,3,5-6,8-14,16-19H2,1-2H3,(H2,24,25,26)/t21-/m1/s1. The van der Waals surface area contributed by atoms with Gasteiger partial charge in [0.1, 0.15) is 5.76 Å². The Hall–Kier alpha value is -1.57. The lowest BCUT2D eigenvalue weighted by Crippen LogP contribution is -2.42. The fraction of sp³-hybridized carbons (Fsp3) is 0.783. The van der Waals surface area contributed by atoms with Gasteiger partial charge >= 0.3 is 0 Å². The van der Waals surface area contributed by atoms with Gasteiger partial charge in [0.2, 0.25) is 0 Å². The molecule has 7 nitrogen and oxygen atoms in total. The molecule has 0 amide bonds. The fourth-order valence-electron chi connectivity index (χ4n) is 4.28. The van der Waals surface area contributed by atoms with Crippen molar-refractivity contribution in [2.75, 3.05) is 65.6 Å². The zero-order chi connectivity index (χ0) is 21.0. The Morgan fingerprint density at radius 2 is 2.03 bits per heavy atom. The molecule has 170 valence electrons. The van der Waals surface area contributed by atoms with Crippen molar-refractivity contribution in [1.29, 1.82) is 0 Å². The largest absolute Gasteiger partial charge is 0.469 e. The van der Waals surface area contributed by atoms with Crippen LogP contribution < -0.4 is 10.6 Å². The number of guanidine groups is 1. The minimum Gasteiger partial charge on any atom is -0.469 e. The van der Waals surface area contributed by atoms with E-state index >= 15 is 0 Å². The Morgan fingerprint density at radius 3 is 2.80 bits per heavy atom. The zero-order valence-corrected chi connectivity index (χ0v) is 18.9. The van der Waals surface area contributed by atoms with Crippen molar-refractivity contribution in [3.8, 4) is 0 Å². The summed E-state index contributed by atoms with van der Waals surface area (Å²) < 4.78 is 10.9. The number of ether oxygens (including phenoxy) is 1. The number of rotatable bonds is 11. The van der Waals surface area contributed by atoms with Crippen molar-refractivity contribution in [2.24, 2.45) is 10.9 Å². The van der Waals surface area contributed by atoms with Gasteiger partial charge in [0, 0.05) is 45.2 Å². The molecule has 2 fully saturated rings. The van der Waals surface area contributed by atoms with E-state index in [1.54, 1.807) is 6.26 Å². The first kappa shape index (κ1) is 23.1. The van der Waals surface area contributed by atoms with Crippen LogP contribution in [0.4, 0.5) is 0 Å². The van der Waals surface area contributed by atoms with Crippen LogP contribution in [-0.2, 0) is 11.2 Å². The second-order valence-electron chi connectivity index (χ2n) is 8.86. The van der Waals surface area contributed by atoms with E-state index in [9.17, 15) is 0 Å². The van der Waals surface area contributed by atoms with E-state index < -0.39 is 0 Å². The Balaban J connectivity index is 1.45. The van der Waals surface area contributed by atoms with E-state index in [2.05, 4.69) is 34.3 Å². The van der Waals surface area contributed by atoms with Crippen LogP contribution in [0.2, 0.25) is 0 Å². The summed E-state index contributed by atoms with van der Waals surface area (Å²) in [6.07, 6.45) is 6.26. The number of hydrogen-bond acceptors (Lipinski definition) is 5. The molecule has 1 atom stereocenters. The van der Waals surface area contributed by atoms with Crippen molar-refractivity contribution in [3.63, 3.8) is 0 Å². The van der Waals surface area contributed by atoms with Crippen LogP contribution in [0, 0.1) is 5.92 Å². The van der Waals surface area contributed by atoms with Crippen LogP contribution in [0.15, 0.2) is 27.8 Å². The van der Waals surface area contributed by atoms with Gasteiger partial charge in [-0.2, -0.15) is 0 Å². The topological polar surface area (TPSA) is 65.3 Å². The number of hydrogen-bond donors (Lipinski definition) is 2.